The van der Waals surface area contributed by atoms with E-state index in [2.05, 4.69) is 46.5 Å². The Hall–Kier alpha value is -1.39. The van der Waals surface area contributed by atoms with Gasteiger partial charge in [0.25, 0.3) is 0 Å². The highest BCUT2D eigenvalue weighted by Gasteiger charge is 2.21. The van der Waals surface area contributed by atoms with Crippen LogP contribution in [0.4, 0.5) is 5.69 Å². The molecule has 0 saturated carbocycles. The Morgan fingerprint density at radius 2 is 1.97 bits per heavy atom. The molecule has 1 aromatic rings. The van der Waals surface area contributed by atoms with Crippen LogP contribution in [0.15, 0.2) is 29.3 Å². The number of hydrogen-bond donors (Lipinski definition) is 2. The van der Waals surface area contributed by atoms with Crippen molar-refractivity contribution in [3.63, 3.8) is 0 Å². The minimum absolute atomic E-state index is 0. The number of ether oxygens (including phenoxy) is 1. The van der Waals surface area contributed by atoms with Crippen LogP contribution >= 0.6 is 24.0 Å². The molecule has 1 aromatic carbocycles. The van der Waals surface area contributed by atoms with Crippen LogP contribution in [0.25, 0.3) is 0 Å². The van der Waals surface area contributed by atoms with E-state index in [1.807, 2.05) is 17.0 Å². The molecule has 1 unspecified atom stereocenters. The summed E-state index contributed by atoms with van der Waals surface area (Å²) < 4.78 is 5.91. The van der Waals surface area contributed by atoms with Gasteiger partial charge in [-0.1, -0.05) is 26.0 Å². The van der Waals surface area contributed by atoms with E-state index < -0.39 is 0 Å². The average Bonchev–Trinajstić information content (AvgIpc) is 2.74. The lowest BCUT2D eigenvalue weighted by Crippen LogP contribution is -2.50. The van der Waals surface area contributed by atoms with Crippen LogP contribution in [-0.2, 0) is 16.1 Å². The van der Waals surface area contributed by atoms with Crippen LogP contribution in [0, 0.1) is 5.92 Å². The molecule has 1 amide bonds. The number of morpholine rings is 1. The molecule has 0 aliphatic carbocycles. The van der Waals surface area contributed by atoms with E-state index in [-0.39, 0.29) is 36.0 Å². The van der Waals surface area contributed by atoms with Gasteiger partial charge in [-0.25, -0.2) is 0 Å². The fraction of sp³-hybridized carbons (Fsp3) is 0.652. The van der Waals surface area contributed by atoms with Crippen LogP contribution in [0.1, 0.15) is 38.7 Å². The Balaban J connectivity index is 0.00000341. The van der Waals surface area contributed by atoms with Crippen LogP contribution in [-0.4, -0.2) is 69.2 Å². The highest BCUT2D eigenvalue weighted by atomic mass is 127. The molecule has 3 rings (SSSR count). The Bertz CT molecular complexity index is 710. The zero-order chi connectivity index (χ0) is 21.3. The molecule has 2 saturated heterocycles. The van der Waals surface area contributed by atoms with Crippen molar-refractivity contribution >= 4 is 41.5 Å². The molecule has 174 valence electrons. The third-order valence-electron chi connectivity index (χ3n) is 5.60. The van der Waals surface area contributed by atoms with Crippen molar-refractivity contribution in [3.8, 4) is 0 Å². The number of amides is 1. The number of nitrogens with zero attached hydrogens (tertiary/aromatic N) is 3. The first-order valence-electron chi connectivity index (χ1n) is 11.2. The fourth-order valence-electron chi connectivity index (χ4n) is 4.08. The monoisotopic (exact) mass is 543 g/mol. The first-order chi connectivity index (χ1) is 14.5. The summed E-state index contributed by atoms with van der Waals surface area (Å²) in [7, 11) is 1.78. The normalized spacial score (nSPS) is 20.5. The van der Waals surface area contributed by atoms with Crippen LogP contribution in [0.2, 0.25) is 0 Å². The summed E-state index contributed by atoms with van der Waals surface area (Å²) in [5.41, 5.74) is 2.15. The van der Waals surface area contributed by atoms with Gasteiger partial charge in [0, 0.05) is 58.4 Å². The lowest BCUT2D eigenvalue weighted by molar-refractivity contribution is -0.119. The fourth-order valence-corrected chi connectivity index (χ4v) is 4.08. The maximum atomic E-state index is 12.1. The number of benzene rings is 1. The molecule has 0 aromatic heterocycles. The molecule has 31 heavy (non-hydrogen) atoms. The first-order valence-corrected chi connectivity index (χ1v) is 11.2. The minimum atomic E-state index is 0. The van der Waals surface area contributed by atoms with Gasteiger partial charge in [-0.3, -0.25) is 14.7 Å². The van der Waals surface area contributed by atoms with Crippen molar-refractivity contribution in [2.75, 3.05) is 51.3 Å². The number of piperidine rings is 1. The Morgan fingerprint density at radius 1 is 1.19 bits per heavy atom. The van der Waals surface area contributed by atoms with Gasteiger partial charge in [-0.15, -0.1) is 24.0 Å². The number of halogens is 1. The van der Waals surface area contributed by atoms with E-state index in [9.17, 15) is 4.79 Å². The van der Waals surface area contributed by atoms with Gasteiger partial charge in [-0.05, 0) is 36.5 Å². The van der Waals surface area contributed by atoms with E-state index in [1.165, 1.54) is 0 Å². The number of guanidine groups is 1. The molecule has 2 aliphatic rings. The molecule has 8 heteroatoms. The van der Waals surface area contributed by atoms with Crippen molar-refractivity contribution in [3.05, 3.63) is 29.8 Å². The molecule has 2 fully saturated rings. The van der Waals surface area contributed by atoms with Crippen molar-refractivity contribution < 1.29 is 9.53 Å². The van der Waals surface area contributed by atoms with Crippen LogP contribution in [0.3, 0.4) is 0 Å². The van der Waals surface area contributed by atoms with Gasteiger partial charge in [-0.2, -0.15) is 0 Å². The lowest BCUT2D eigenvalue weighted by atomic mass is 10.1. The number of rotatable bonds is 7. The summed E-state index contributed by atoms with van der Waals surface area (Å²) in [6.07, 6.45) is 2.92. The quantitative estimate of drug-likeness (QED) is 0.315. The maximum Gasteiger partial charge on any atom is 0.226 e. The first kappa shape index (κ1) is 25.9. The summed E-state index contributed by atoms with van der Waals surface area (Å²) in [6, 6.07) is 8.22. The molecular formula is C23H38IN5O2. The lowest BCUT2D eigenvalue weighted by Gasteiger charge is -2.34. The number of aliphatic imine (C=N–C) groups is 1. The Morgan fingerprint density at radius 3 is 2.65 bits per heavy atom. The van der Waals surface area contributed by atoms with Gasteiger partial charge in [0.2, 0.25) is 5.91 Å². The molecule has 0 radical (unpaired) electrons. The van der Waals surface area contributed by atoms with E-state index in [1.54, 1.807) is 7.05 Å². The van der Waals surface area contributed by atoms with E-state index in [0.717, 1.165) is 69.4 Å². The van der Waals surface area contributed by atoms with E-state index in [4.69, 9.17) is 4.74 Å². The maximum absolute atomic E-state index is 12.1. The molecule has 2 N–H and O–H groups in total. The van der Waals surface area contributed by atoms with Gasteiger partial charge in [0.15, 0.2) is 5.96 Å². The third kappa shape index (κ3) is 8.23. The summed E-state index contributed by atoms with van der Waals surface area (Å²) >= 11 is 0. The molecule has 0 bridgehead atoms. The van der Waals surface area contributed by atoms with Crippen molar-refractivity contribution in [1.29, 1.82) is 0 Å². The van der Waals surface area contributed by atoms with Gasteiger partial charge >= 0.3 is 0 Å². The number of carbonyl (C=O) groups excluding carboxylic acids is 1. The SMILES string of the molecule is CN=C(NCc1ccc(N2CCCCC2=O)cc1)NCC1CN(CC(C)C)CCO1.I. The standard InChI is InChI=1S/C23H37N5O2.HI/c1-18(2)16-27-12-13-30-21(17-27)15-26-23(24-3)25-14-19-7-9-20(10-8-19)28-11-5-4-6-22(28)29;/h7-10,18,21H,4-6,11-17H2,1-3H3,(H2,24,25,26);1H. The molecule has 2 aliphatic heterocycles. The van der Waals surface area contributed by atoms with E-state index >= 15 is 0 Å². The molecule has 1 atom stereocenters. The second-order valence-electron chi connectivity index (χ2n) is 8.62. The number of nitrogens with one attached hydrogen (secondary N) is 2. The van der Waals surface area contributed by atoms with Gasteiger partial charge in [0.05, 0.1) is 12.7 Å². The third-order valence-corrected chi connectivity index (χ3v) is 5.60. The summed E-state index contributed by atoms with van der Waals surface area (Å²) in [5.74, 6) is 1.68. The molecule has 7 nitrogen and oxygen atoms in total. The largest absolute Gasteiger partial charge is 0.374 e. The summed E-state index contributed by atoms with van der Waals surface area (Å²) in [5, 5.41) is 6.75. The molecule has 2 heterocycles. The average molecular weight is 543 g/mol. The second-order valence-corrected chi connectivity index (χ2v) is 8.62. The number of anilines is 1. The number of hydrogen-bond acceptors (Lipinski definition) is 4. The van der Waals surface area contributed by atoms with Crippen molar-refractivity contribution in [2.24, 2.45) is 10.9 Å². The summed E-state index contributed by atoms with van der Waals surface area (Å²) in [6.45, 7) is 10.6. The van der Waals surface area contributed by atoms with Crippen molar-refractivity contribution in [1.82, 2.24) is 15.5 Å². The number of carbonyl (C=O) groups is 1. The molecular weight excluding hydrogens is 505 g/mol. The molecule has 0 spiro atoms. The Kier molecular flexibility index (Phi) is 11.0. The van der Waals surface area contributed by atoms with Crippen molar-refractivity contribution in [2.45, 2.75) is 45.8 Å². The highest BCUT2D eigenvalue weighted by Crippen LogP contribution is 2.21. The van der Waals surface area contributed by atoms with Crippen LogP contribution in [0.5, 0.6) is 0 Å². The Labute approximate surface area is 204 Å². The topological polar surface area (TPSA) is 69.2 Å². The smallest absolute Gasteiger partial charge is 0.226 e. The summed E-state index contributed by atoms with van der Waals surface area (Å²) in [4.78, 5) is 20.8. The van der Waals surface area contributed by atoms with Gasteiger partial charge < -0.3 is 20.3 Å². The predicted molar refractivity (Wildman–Crippen MR) is 137 cm³/mol. The minimum Gasteiger partial charge on any atom is -0.374 e. The van der Waals surface area contributed by atoms with E-state index in [0.29, 0.717) is 18.9 Å². The highest BCUT2D eigenvalue weighted by molar-refractivity contribution is 14.0. The van der Waals surface area contributed by atoms with Crippen LogP contribution < -0.4 is 15.5 Å². The zero-order valence-corrected chi connectivity index (χ0v) is 21.4. The second kappa shape index (κ2) is 13.2. The zero-order valence-electron chi connectivity index (χ0n) is 19.1. The van der Waals surface area contributed by atoms with Gasteiger partial charge in [0.1, 0.15) is 0 Å². The predicted octanol–water partition coefficient (Wildman–Crippen LogP) is 2.84.